The van der Waals surface area contributed by atoms with Crippen molar-refractivity contribution in [2.24, 2.45) is 0 Å². The highest BCUT2D eigenvalue weighted by Crippen LogP contribution is 2.27. The molecule has 0 unspecified atom stereocenters. The van der Waals surface area contributed by atoms with Crippen molar-refractivity contribution in [3.05, 3.63) is 64.7 Å². The average molecular weight is 483 g/mol. The van der Waals surface area contributed by atoms with E-state index in [2.05, 4.69) is 15.5 Å². The molecule has 1 amide bonds. The van der Waals surface area contributed by atoms with Gasteiger partial charge >= 0.3 is 0 Å². The SMILES string of the molecule is CCSc1nnc(NC(=O)c2ccc(N(Cc3ccccc3Cl)S(C)(=O)=O)cc2)s1. The second-order valence-electron chi connectivity index (χ2n) is 6.17. The summed E-state index contributed by atoms with van der Waals surface area (Å²) in [5, 5.41) is 11.6. The number of sulfonamides is 1. The highest BCUT2D eigenvalue weighted by atomic mass is 35.5. The van der Waals surface area contributed by atoms with E-state index in [1.807, 2.05) is 6.92 Å². The van der Waals surface area contributed by atoms with Crippen molar-refractivity contribution in [3.63, 3.8) is 0 Å². The Labute approximate surface area is 188 Å². The van der Waals surface area contributed by atoms with Crippen LogP contribution in [-0.4, -0.2) is 36.5 Å². The molecule has 3 rings (SSSR count). The van der Waals surface area contributed by atoms with Gasteiger partial charge < -0.3 is 0 Å². The number of nitrogens with zero attached hydrogens (tertiary/aromatic N) is 3. The molecule has 1 heterocycles. The van der Waals surface area contributed by atoms with Crippen LogP contribution in [0.5, 0.6) is 0 Å². The normalized spacial score (nSPS) is 11.3. The van der Waals surface area contributed by atoms with E-state index in [0.29, 0.717) is 27.0 Å². The number of nitrogens with one attached hydrogen (secondary N) is 1. The van der Waals surface area contributed by atoms with Crippen LogP contribution in [0.1, 0.15) is 22.8 Å². The molecule has 0 aliphatic carbocycles. The number of anilines is 2. The Kier molecular flexibility index (Phi) is 7.35. The van der Waals surface area contributed by atoms with Crippen molar-refractivity contribution in [3.8, 4) is 0 Å². The first-order chi connectivity index (χ1) is 14.3. The first-order valence-corrected chi connectivity index (χ1v) is 12.9. The van der Waals surface area contributed by atoms with Gasteiger partial charge in [0.05, 0.1) is 18.5 Å². The Morgan fingerprint density at radius 2 is 1.87 bits per heavy atom. The highest BCUT2D eigenvalue weighted by molar-refractivity contribution is 8.01. The second-order valence-corrected chi connectivity index (χ2v) is 11.0. The van der Waals surface area contributed by atoms with Crippen molar-refractivity contribution >= 4 is 61.4 Å². The number of amides is 1. The van der Waals surface area contributed by atoms with Gasteiger partial charge in [-0.1, -0.05) is 59.8 Å². The van der Waals surface area contributed by atoms with E-state index >= 15 is 0 Å². The Morgan fingerprint density at radius 3 is 2.50 bits per heavy atom. The molecule has 0 fully saturated rings. The fraction of sp³-hybridized carbons (Fsp3) is 0.211. The summed E-state index contributed by atoms with van der Waals surface area (Å²) >= 11 is 9.04. The predicted octanol–water partition coefficient (Wildman–Crippen LogP) is 4.52. The van der Waals surface area contributed by atoms with E-state index in [9.17, 15) is 13.2 Å². The number of thioether (sulfide) groups is 1. The number of carbonyl (C=O) groups excluding carboxylic acids is 1. The van der Waals surface area contributed by atoms with Crippen LogP contribution in [0.3, 0.4) is 0 Å². The molecule has 0 saturated carbocycles. The zero-order valence-corrected chi connectivity index (χ0v) is 19.4. The largest absolute Gasteiger partial charge is 0.296 e. The molecule has 0 atom stereocenters. The summed E-state index contributed by atoms with van der Waals surface area (Å²) in [5.41, 5.74) is 1.50. The Hall–Kier alpha value is -2.14. The first-order valence-electron chi connectivity index (χ1n) is 8.86. The Morgan fingerprint density at radius 1 is 1.17 bits per heavy atom. The van der Waals surface area contributed by atoms with Crippen LogP contribution < -0.4 is 9.62 Å². The quantitative estimate of drug-likeness (QED) is 0.375. The van der Waals surface area contributed by atoms with Gasteiger partial charge in [-0.3, -0.25) is 14.4 Å². The molecule has 7 nitrogen and oxygen atoms in total. The smallest absolute Gasteiger partial charge is 0.257 e. The minimum Gasteiger partial charge on any atom is -0.296 e. The molecule has 2 aromatic carbocycles. The van der Waals surface area contributed by atoms with Crippen molar-refractivity contribution in [2.45, 2.75) is 17.8 Å². The van der Waals surface area contributed by atoms with Gasteiger partial charge in [0.1, 0.15) is 0 Å². The molecule has 1 aromatic heterocycles. The summed E-state index contributed by atoms with van der Waals surface area (Å²) in [6.07, 6.45) is 1.13. The van der Waals surface area contributed by atoms with E-state index in [-0.39, 0.29) is 12.5 Å². The maximum atomic E-state index is 12.5. The fourth-order valence-corrected chi connectivity index (χ4v) is 5.29. The average Bonchev–Trinajstić information content (AvgIpc) is 3.14. The van der Waals surface area contributed by atoms with Gasteiger partial charge in [0.2, 0.25) is 15.2 Å². The third-order valence-corrected chi connectivity index (χ3v) is 7.35. The fourth-order valence-electron chi connectivity index (χ4n) is 2.57. The summed E-state index contributed by atoms with van der Waals surface area (Å²) in [6, 6.07) is 13.4. The van der Waals surface area contributed by atoms with Crippen LogP contribution in [-0.2, 0) is 16.6 Å². The Balaban J connectivity index is 1.77. The molecule has 0 saturated heterocycles. The third-order valence-electron chi connectivity index (χ3n) is 3.98. The number of benzene rings is 2. The standard InChI is InChI=1S/C19H19ClN4O3S3/c1-3-28-19-23-22-18(29-19)21-17(25)13-8-10-15(11-9-13)24(30(2,26)27)12-14-6-4-5-7-16(14)20/h4-11H,3,12H2,1-2H3,(H,21,22,25). The van der Waals surface area contributed by atoms with Gasteiger partial charge in [-0.05, 0) is 41.6 Å². The van der Waals surface area contributed by atoms with Crippen LogP contribution in [0, 0.1) is 0 Å². The first kappa shape index (κ1) is 22.5. The molecule has 0 radical (unpaired) electrons. The van der Waals surface area contributed by atoms with Crippen LogP contribution in [0.2, 0.25) is 5.02 Å². The molecule has 0 spiro atoms. The molecule has 0 bridgehead atoms. The lowest BCUT2D eigenvalue weighted by Gasteiger charge is -2.23. The second kappa shape index (κ2) is 9.78. The van der Waals surface area contributed by atoms with E-state index in [1.54, 1.807) is 60.3 Å². The van der Waals surface area contributed by atoms with Crippen molar-refractivity contribution in [1.29, 1.82) is 0 Å². The predicted molar refractivity (Wildman–Crippen MR) is 123 cm³/mol. The molecule has 30 heavy (non-hydrogen) atoms. The number of carbonyl (C=O) groups is 1. The molecule has 0 aliphatic heterocycles. The lowest BCUT2D eigenvalue weighted by molar-refractivity contribution is 0.102. The zero-order valence-electron chi connectivity index (χ0n) is 16.2. The van der Waals surface area contributed by atoms with Gasteiger partial charge in [0.15, 0.2) is 4.34 Å². The minimum atomic E-state index is -3.56. The van der Waals surface area contributed by atoms with Crippen LogP contribution >= 0.6 is 34.7 Å². The Bertz CT molecular complexity index is 1130. The monoisotopic (exact) mass is 482 g/mol. The van der Waals surface area contributed by atoms with Gasteiger partial charge in [-0.25, -0.2) is 8.42 Å². The molecule has 1 N–H and O–H groups in total. The number of hydrogen-bond acceptors (Lipinski definition) is 7. The summed E-state index contributed by atoms with van der Waals surface area (Å²) in [6.45, 7) is 2.10. The van der Waals surface area contributed by atoms with Crippen LogP contribution in [0.15, 0.2) is 52.9 Å². The van der Waals surface area contributed by atoms with Crippen LogP contribution in [0.4, 0.5) is 10.8 Å². The molecular weight excluding hydrogens is 464 g/mol. The van der Waals surface area contributed by atoms with Crippen molar-refractivity contribution in [2.75, 3.05) is 21.6 Å². The lowest BCUT2D eigenvalue weighted by Crippen LogP contribution is -2.29. The number of aromatic nitrogens is 2. The molecule has 158 valence electrons. The number of halogens is 1. The third kappa shape index (κ3) is 5.72. The van der Waals surface area contributed by atoms with E-state index in [1.165, 1.54) is 15.6 Å². The van der Waals surface area contributed by atoms with Gasteiger partial charge in [0.25, 0.3) is 5.91 Å². The van der Waals surface area contributed by atoms with Crippen molar-refractivity contribution < 1.29 is 13.2 Å². The maximum Gasteiger partial charge on any atom is 0.257 e. The van der Waals surface area contributed by atoms with Gasteiger partial charge in [-0.2, -0.15) is 0 Å². The zero-order chi connectivity index (χ0) is 21.7. The molecule has 11 heteroatoms. The highest BCUT2D eigenvalue weighted by Gasteiger charge is 2.20. The summed E-state index contributed by atoms with van der Waals surface area (Å²) in [7, 11) is -3.56. The summed E-state index contributed by atoms with van der Waals surface area (Å²) < 4.78 is 26.7. The molecule has 0 aliphatic rings. The molecule has 3 aromatic rings. The van der Waals surface area contributed by atoms with E-state index in [4.69, 9.17) is 11.6 Å². The van der Waals surface area contributed by atoms with E-state index in [0.717, 1.165) is 16.3 Å². The van der Waals surface area contributed by atoms with Crippen molar-refractivity contribution in [1.82, 2.24) is 10.2 Å². The lowest BCUT2D eigenvalue weighted by atomic mass is 10.2. The number of rotatable bonds is 8. The van der Waals surface area contributed by atoms with Crippen LogP contribution in [0.25, 0.3) is 0 Å². The van der Waals surface area contributed by atoms with E-state index < -0.39 is 10.0 Å². The summed E-state index contributed by atoms with van der Waals surface area (Å²) in [4.78, 5) is 12.5. The molecular formula is C19H19ClN4O3S3. The van der Waals surface area contributed by atoms with Gasteiger partial charge in [-0.15, -0.1) is 10.2 Å². The summed E-state index contributed by atoms with van der Waals surface area (Å²) in [5.74, 6) is 0.525. The topological polar surface area (TPSA) is 92.3 Å². The minimum absolute atomic E-state index is 0.0900. The maximum absolute atomic E-state index is 12.5. The number of hydrogen-bond donors (Lipinski definition) is 1. The van der Waals surface area contributed by atoms with Gasteiger partial charge in [0, 0.05) is 10.6 Å².